The van der Waals surface area contributed by atoms with Crippen LogP contribution in [0.3, 0.4) is 0 Å². The summed E-state index contributed by atoms with van der Waals surface area (Å²) in [5, 5.41) is 10.9. The fourth-order valence-electron chi connectivity index (χ4n) is 3.96. The van der Waals surface area contributed by atoms with Crippen LogP contribution in [-0.2, 0) is 11.8 Å². The largest absolute Gasteiger partial charge is 0.392 e. The van der Waals surface area contributed by atoms with Crippen LogP contribution in [0.1, 0.15) is 55.7 Å². The van der Waals surface area contributed by atoms with Gasteiger partial charge in [0.25, 0.3) is 0 Å². The van der Waals surface area contributed by atoms with E-state index in [2.05, 4.69) is 26.0 Å². The van der Waals surface area contributed by atoms with Gasteiger partial charge in [0.05, 0.1) is 6.10 Å². The topological polar surface area (TPSA) is 20.2 Å². The Morgan fingerprint density at radius 2 is 1.84 bits per heavy atom. The van der Waals surface area contributed by atoms with Crippen molar-refractivity contribution in [1.29, 1.82) is 0 Å². The lowest BCUT2D eigenvalue weighted by Crippen LogP contribution is -2.44. The summed E-state index contributed by atoms with van der Waals surface area (Å²) in [5.41, 5.74) is 2.30. The molecular formula is C22H25F2O. The predicted octanol–water partition coefficient (Wildman–Crippen LogP) is 5.32. The molecule has 0 bridgehead atoms. The maximum atomic E-state index is 13.7. The minimum atomic E-state index is -0.630. The lowest BCUT2D eigenvalue weighted by atomic mass is 9.64. The summed E-state index contributed by atoms with van der Waals surface area (Å²) < 4.78 is 27.3. The minimum Gasteiger partial charge on any atom is -0.392 e. The van der Waals surface area contributed by atoms with Gasteiger partial charge < -0.3 is 5.11 Å². The second-order valence-electron chi connectivity index (χ2n) is 7.46. The maximum Gasteiger partial charge on any atom is 0.126 e. The Morgan fingerprint density at radius 1 is 1.12 bits per heavy atom. The summed E-state index contributed by atoms with van der Waals surface area (Å²) in [4.78, 5) is 0. The summed E-state index contributed by atoms with van der Waals surface area (Å²) in [6.45, 7) is 4.27. The van der Waals surface area contributed by atoms with Crippen molar-refractivity contribution < 1.29 is 13.9 Å². The smallest absolute Gasteiger partial charge is 0.126 e. The highest BCUT2D eigenvalue weighted by molar-refractivity contribution is 5.37. The molecule has 3 heteroatoms. The Kier molecular flexibility index (Phi) is 5.24. The quantitative estimate of drug-likeness (QED) is 0.797. The van der Waals surface area contributed by atoms with Gasteiger partial charge in [0.15, 0.2) is 0 Å². The second-order valence-corrected chi connectivity index (χ2v) is 7.46. The normalized spacial score (nSPS) is 23.8. The highest BCUT2D eigenvalue weighted by Crippen LogP contribution is 2.42. The molecule has 1 nitrogen and oxygen atoms in total. The van der Waals surface area contributed by atoms with Crippen LogP contribution in [-0.4, -0.2) is 11.2 Å². The van der Waals surface area contributed by atoms with E-state index in [0.717, 1.165) is 30.9 Å². The van der Waals surface area contributed by atoms with Crippen molar-refractivity contribution in [2.45, 2.75) is 57.0 Å². The Balaban J connectivity index is 2.06. The SMILES string of the molecule is CC(C)c1cccc([C@@]2(Cc3cc(F)cc(F)c3)CCC[CH][C@H]2O)c1. The van der Waals surface area contributed by atoms with Gasteiger partial charge in [0, 0.05) is 11.5 Å². The maximum absolute atomic E-state index is 13.7. The van der Waals surface area contributed by atoms with Gasteiger partial charge in [0.2, 0.25) is 0 Å². The molecule has 0 unspecified atom stereocenters. The number of hydrogen-bond donors (Lipinski definition) is 1. The molecule has 1 saturated carbocycles. The Morgan fingerprint density at radius 3 is 2.48 bits per heavy atom. The Hall–Kier alpha value is -1.74. The van der Waals surface area contributed by atoms with Crippen molar-refractivity contribution in [2.75, 3.05) is 0 Å². The number of aliphatic hydroxyl groups excluding tert-OH is 1. The molecule has 0 amide bonds. The molecule has 0 aromatic heterocycles. The first-order valence-electron chi connectivity index (χ1n) is 8.97. The van der Waals surface area contributed by atoms with Crippen LogP contribution in [0.25, 0.3) is 0 Å². The molecule has 1 aliphatic carbocycles. The average molecular weight is 343 g/mol. The highest BCUT2D eigenvalue weighted by Gasteiger charge is 2.41. The van der Waals surface area contributed by atoms with Gasteiger partial charge in [-0.15, -0.1) is 0 Å². The van der Waals surface area contributed by atoms with E-state index in [0.29, 0.717) is 17.9 Å². The van der Waals surface area contributed by atoms with E-state index in [1.807, 2.05) is 18.6 Å². The van der Waals surface area contributed by atoms with Gasteiger partial charge in [-0.3, -0.25) is 0 Å². The molecule has 2 aromatic carbocycles. The molecule has 1 N–H and O–H groups in total. The molecule has 3 rings (SSSR count). The summed E-state index contributed by atoms with van der Waals surface area (Å²) in [7, 11) is 0. The van der Waals surface area contributed by atoms with E-state index < -0.39 is 23.2 Å². The number of aliphatic hydroxyl groups is 1. The fraction of sp³-hybridized carbons (Fsp3) is 0.409. The Bertz CT molecular complexity index is 720. The average Bonchev–Trinajstić information content (AvgIpc) is 2.56. The van der Waals surface area contributed by atoms with Crippen LogP contribution < -0.4 is 0 Å². The van der Waals surface area contributed by atoms with Crippen molar-refractivity contribution in [3.63, 3.8) is 0 Å². The van der Waals surface area contributed by atoms with Gasteiger partial charge in [-0.1, -0.05) is 44.5 Å². The molecule has 1 aliphatic rings. The third kappa shape index (κ3) is 3.77. The Labute approximate surface area is 148 Å². The summed E-state index contributed by atoms with van der Waals surface area (Å²) >= 11 is 0. The monoisotopic (exact) mass is 343 g/mol. The second kappa shape index (κ2) is 7.25. The summed E-state index contributed by atoms with van der Waals surface area (Å²) in [5.74, 6) is -0.765. The zero-order valence-corrected chi connectivity index (χ0v) is 14.8. The third-order valence-electron chi connectivity index (χ3n) is 5.35. The molecular weight excluding hydrogens is 318 g/mol. The first-order chi connectivity index (χ1) is 11.9. The molecule has 0 heterocycles. The van der Waals surface area contributed by atoms with Crippen LogP contribution in [0.4, 0.5) is 8.78 Å². The number of halogens is 2. The van der Waals surface area contributed by atoms with Crippen LogP contribution in [0.2, 0.25) is 0 Å². The van der Waals surface area contributed by atoms with Crippen molar-refractivity contribution in [3.05, 3.63) is 77.2 Å². The van der Waals surface area contributed by atoms with Crippen molar-refractivity contribution >= 4 is 0 Å². The third-order valence-corrected chi connectivity index (χ3v) is 5.35. The van der Waals surface area contributed by atoms with E-state index in [1.54, 1.807) is 0 Å². The van der Waals surface area contributed by atoms with Crippen LogP contribution >= 0.6 is 0 Å². The van der Waals surface area contributed by atoms with E-state index >= 15 is 0 Å². The molecule has 1 fully saturated rings. The van der Waals surface area contributed by atoms with E-state index in [-0.39, 0.29) is 0 Å². The summed E-state index contributed by atoms with van der Waals surface area (Å²) in [6.07, 6.45) is 4.34. The highest BCUT2D eigenvalue weighted by atomic mass is 19.1. The van der Waals surface area contributed by atoms with Gasteiger partial charge in [-0.2, -0.15) is 0 Å². The summed E-state index contributed by atoms with van der Waals surface area (Å²) in [6, 6.07) is 11.9. The number of rotatable bonds is 4. The standard InChI is InChI=1S/C22H25F2O/c1-15(2)17-6-5-7-18(12-17)22(9-4-3-8-21(22)25)14-16-10-19(23)13-20(24)11-16/h5-8,10-13,15,21,25H,3-4,9,14H2,1-2H3/t21-,22+/m1/s1. The molecule has 0 aliphatic heterocycles. The van der Waals surface area contributed by atoms with Crippen LogP contribution in [0.15, 0.2) is 42.5 Å². The van der Waals surface area contributed by atoms with Gasteiger partial charge in [0.1, 0.15) is 11.6 Å². The molecule has 0 saturated heterocycles. The van der Waals surface area contributed by atoms with E-state index in [4.69, 9.17) is 0 Å². The van der Waals surface area contributed by atoms with E-state index in [1.165, 1.54) is 17.7 Å². The fourth-order valence-corrected chi connectivity index (χ4v) is 3.96. The lowest BCUT2D eigenvalue weighted by molar-refractivity contribution is 0.0790. The van der Waals surface area contributed by atoms with Crippen LogP contribution in [0, 0.1) is 18.1 Å². The first kappa shape index (κ1) is 18.1. The molecule has 25 heavy (non-hydrogen) atoms. The van der Waals surface area contributed by atoms with Crippen molar-refractivity contribution in [3.8, 4) is 0 Å². The predicted molar refractivity (Wildman–Crippen MR) is 96.4 cm³/mol. The lowest BCUT2D eigenvalue weighted by Gasteiger charge is -2.42. The van der Waals surface area contributed by atoms with Crippen molar-refractivity contribution in [1.82, 2.24) is 0 Å². The number of hydrogen-bond acceptors (Lipinski definition) is 1. The first-order valence-corrected chi connectivity index (χ1v) is 8.97. The zero-order valence-electron chi connectivity index (χ0n) is 14.8. The van der Waals surface area contributed by atoms with E-state index in [9.17, 15) is 13.9 Å². The van der Waals surface area contributed by atoms with Crippen LogP contribution in [0.5, 0.6) is 0 Å². The van der Waals surface area contributed by atoms with Gasteiger partial charge in [-0.25, -0.2) is 8.78 Å². The number of benzene rings is 2. The molecule has 133 valence electrons. The van der Waals surface area contributed by atoms with Crippen molar-refractivity contribution in [2.24, 2.45) is 0 Å². The molecule has 1 radical (unpaired) electrons. The van der Waals surface area contributed by atoms with Gasteiger partial charge >= 0.3 is 0 Å². The zero-order chi connectivity index (χ0) is 18.0. The van der Waals surface area contributed by atoms with Gasteiger partial charge in [-0.05, 0) is 60.4 Å². The molecule has 2 atom stereocenters. The molecule has 0 spiro atoms. The molecule has 2 aromatic rings. The minimum absolute atomic E-state index is 0.383.